The maximum Gasteiger partial charge on any atom is 0.435 e. The van der Waals surface area contributed by atoms with E-state index in [4.69, 9.17) is 9.63 Å². The summed E-state index contributed by atoms with van der Waals surface area (Å²) in [6.45, 7) is 1.78. The highest BCUT2D eigenvalue weighted by Gasteiger charge is 2.37. The molecule has 0 spiro atoms. The number of rotatable bonds is 7. The molecule has 0 saturated carbocycles. The second-order valence-corrected chi connectivity index (χ2v) is 4.88. The van der Waals surface area contributed by atoms with E-state index in [9.17, 15) is 13.2 Å². The monoisotopic (exact) mass is 318 g/mol. The van der Waals surface area contributed by atoms with Gasteiger partial charge in [-0.3, -0.25) is 4.68 Å². The van der Waals surface area contributed by atoms with Gasteiger partial charge in [-0.1, -0.05) is 12.1 Å². The first-order chi connectivity index (χ1) is 10.4. The number of aliphatic hydroxyl groups is 1. The van der Waals surface area contributed by atoms with Gasteiger partial charge in [0.05, 0.1) is 0 Å². The molecule has 122 valence electrons. The second-order valence-electron chi connectivity index (χ2n) is 4.88. The van der Waals surface area contributed by atoms with Gasteiger partial charge in [-0.05, 0) is 19.3 Å². The lowest BCUT2D eigenvalue weighted by Crippen LogP contribution is -2.10. The lowest BCUT2D eigenvalue weighted by atomic mass is 10.1. The van der Waals surface area contributed by atoms with Crippen LogP contribution in [0.5, 0.6) is 0 Å². The molecule has 0 amide bonds. The van der Waals surface area contributed by atoms with Gasteiger partial charge in [-0.25, -0.2) is 0 Å². The van der Waals surface area contributed by atoms with Crippen molar-refractivity contribution in [3.8, 4) is 0 Å². The van der Waals surface area contributed by atoms with E-state index in [0.717, 1.165) is 11.1 Å². The van der Waals surface area contributed by atoms with E-state index in [0.29, 0.717) is 12.2 Å². The fourth-order valence-electron chi connectivity index (χ4n) is 2.05. The average Bonchev–Trinajstić information content (AvgIpc) is 3.04. The van der Waals surface area contributed by atoms with Gasteiger partial charge >= 0.3 is 6.18 Å². The van der Waals surface area contributed by atoms with Crippen LogP contribution in [0.2, 0.25) is 0 Å². The quantitative estimate of drug-likeness (QED) is 0.847. The molecule has 0 fully saturated rings. The molecule has 0 radical (unpaired) electrons. The first-order valence-corrected chi connectivity index (χ1v) is 7.00. The molecule has 2 aromatic rings. The van der Waals surface area contributed by atoms with Gasteiger partial charge in [0.25, 0.3) is 0 Å². The first kappa shape index (κ1) is 16.5. The molecular weight excluding hydrogens is 301 g/mol. The molecule has 0 aliphatic carbocycles. The molecule has 0 aliphatic heterocycles. The minimum Gasteiger partial charge on any atom is -0.396 e. The maximum absolute atomic E-state index is 12.9. The fraction of sp³-hybridized carbons (Fsp3) is 0.615. The SMILES string of the molecule is CCCc1noc(Cn2cc(CCCO)c(C(F)(F)F)n2)n1. The van der Waals surface area contributed by atoms with Gasteiger partial charge in [-0.15, -0.1) is 0 Å². The summed E-state index contributed by atoms with van der Waals surface area (Å²) in [6.07, 6.45) is -1.37. The van der Waals surface area contributed by atoms with Crippen molar-refractivity contribution < 1.29 is 22.8 Å². The minimum absolute atomic E-state index is 0.0150. The van der Waals surface area contributed by atoms with Crippen LogP contribution in [0, 0.1) is 0 Å². The number of nitrogens with zero attached hydrogens (tertiary/aromatic N) is 4. The Balaban J connectivity index is 2.17. The van der Waals surface area contributed by atoms with Gasteiger partial charge in [-0.2, -0.15) is 23.3 Å². The average molecular weight is 318 g/mol. The zero-order valence-electron chi connectivity index (χ0n) is 12.1. The molecule has 0 unspecified atom stereocenters. The van der Waals surface area contributed by atoms with Gasteiger partial charge in [0.15, 0.2) is 11.5 Å². The van der Waals surface area contributed by atoms with Crippen LogP contribution in [0.4, 0.5) is 13.2 Å². The summed E-state index contributed by atoms with van der Waals surface area (Å²) in [5.41, 5.74) is -0.885. The van der Waals surface area contributed by atoms with Crippen molar-refractivity contribution in [3.05, 3.63) is 29.2 Å². The van der Waals surface area contributed by atoms with Crippen molar-refractivity contribution in [1.29, 1.82) is 0 Å². The fourth-order valence-corrected chi connectivity index (χ4v) is 2.05. The first-order valence-electron chi connectivity index (χ1n) is 7.00. The molecule has 1 N–H and O–H groups in total. The normalized spacial score (nSPS) is 12.0. The van der Waals surface area contributed by atoms with Crippen molar-refractivity contribution >= 4 is 0 Å². The highest BCUT2D eigenvalue weighted by Crippen LogP contribution is 2.31. The highest BCUT2D eigenvalue weighted by atomic mass is 19.4. The Morgan fingerprint density at radius 1 is 1.32 bits per heavy atom. The number of aryl methyl sites for hydroxylation is 2. The molecule has 2 heterocycles. The summed E-state index contributed by atoms with van der Waals surface area (Å²) in [6, 6.07) is 0. The third-order valence-electron chi connectivity index (χ3n) is 2.99. The Labute approximate surface area is 124 Å². The Bertz CT molecular complexity index is 607. The Morgan fingerprint density at radius 3 is 2.73 bits per heavy atom. The summed E-state index contributed by atoms with van der Waals surface area (Å²) < 4.78 is 45.0. The molecular formula is C13H17F3N4O2. The zero-order chi connectivity index (χ0) is 16.2. The largest absolute Gasteiger partial charge is 0.435 e. The van der Waals surface area contributed by atoms with E-state index in [1.165, 1.54) is 6.20 Å². The lowest BCUT2D eigenvalue weighted by Gasteiger charge is -2.04. The molecule has 22 heavy (non-hydrogen) atoms. The molecule has 0 aromatic carbocycles. The summed E-state index contributed by atoms with van der Waals surface area (Å²) >= 11 is 0. The number of alkyl halides is 3. The summed E-state index contributed by atoms with van der Waals surface area (Å²) in [5, 5.41) is 16.1. The zero-order valence-corrected chi connectivity index (χ0v) is 12.1. The van der Waals surface area contributed by atoms with Crippen molar-refractivity contribution in [2.45, 2.75) is 45.3 Å². The van der Waals surface area contributed by atoms with Crippen LogP contribution in [-0.2, 0) is 25.6 Å². The van der Waals surface area contributed by atoms with E-state index < -0.39 is 11.9 Å². The Hall–Kier alpha value is -1.90. The van der Waals surface area contributed by atoms with Crippen LogP contribution in [0.15, 0.2) is 10.7 Å². The number of hydrogen-bond acceptors (Lipinski definition) is 5. The van der Waals surface area contributed by atoms with Crippen molar-refractivity contribution in [2.75, 3.05) is 6.61 Å². The molecule has 0 bridgehead atoms. The molecule has 9 heteroatoms. The van der Waals surface area contributed by atoms with Crippen LogP contribution < -0.4 is 0 Å². The van der Waals surface area contributed by atoms with Gasteiger partial charge in [0.1, 0.15) is 6.54 Å². The number of aromatic nitrogens is 4. The molecule has 0 atom stereocenters. The maximum atomic E-state index is 12.9. The van der Waals surface area contributed by atoms with Crippen LogP contribution >= 0.6 is 0 Å². The highest BCUT2D eigenvalue weighted by molar-refractivity contribution is 5.20. The van der Waals surface area contributed by atoms with Gasteiger partial charge in [0.2, 0.25) is 5.89 Å². The minimum atomic E-state index is -4.53. The molecule has 0 saturated heterocycles. The number of aliphatic hydroxyl groups excluding tert-OH is 1. The summed E-state index contributed by atoms with van der Waals surface area (Å²) in [7, 11) is 0. The number of hydrogen-bond donors (Lipinski definition) is 1. The van der Waals surface area contributed by atoms with E-state index in [2.05, 4.69) is 15.2 Å². The standard InChI is InChI=1S/C13H17F3N4O2/c1-2-4-10-17-11(22-19-10)8-20-7-9(5-3-6-21)12(18-20)13(14,15)16/h7,21H,2-6,8H2,1H3. The predicted octanol–water partition coefficient (Wildman–Crippen LogP) is 2.21. The summed E-state index contributed by atoms with van der Waals surface area (Å²) in [5.74, 6) is 0.745. The van der Waals surface area contributed by atoms with Crippen LogP contribution in [-0.4, -0.2) is 31.6 Å². The van der Waals surface area contributed by atoms with E-state index >= 15 is 0 Å². The van der Waals surface area contributed by atoms with E-state index in [-0.39, 0.29) is 37.4 Å². The van der Waals surface area contributed by atoms with Crippen LogP contribution in [0.25, 0.3) is 0 Å². The van der Waals surface area contributed by atoms with Crippen molar-refractivity contribution in [3.63, 3.8) is 0 Å². The molecule has 2 rings (SSSR count). The van der Waals surface area contributed by atoms with Crippen LogP contribution in [0.3, 0.4) is 0 Å². The predicted molar refractivity (Wildman–Crippen MR) is 70.0 cm³/mol. The Kier molecular flexibility index (Phi) is 5.17. The second kappa shape index (κ2) is 6.91. The van der Waals surface area contributed by atoms with E-state index in [1.807, 2.05) is 6.92 Å². The van der Waals surface area contributed by atoms with Crippen molar-refractivity contribution in [1.82, 2.24) is 19.9 Å². The molecule has 0 aliphatic rings. The number of halogens is 3. The van der Waals surface area contributed by atoms with Crippen LogP contribution in [0.1, 0.15) is 42.7 Å². The summed E-state index contributed by atoms with van der Waals surface area (Å²) in [4.78, 5) is 4.10. The third-order valence-corrected chi connectivity index (χ3v) is 2.99. The van der Waals surface area contributed by atoms with Gasteiger partial charge in [0, 0.05) is 24.8 Å². The topological polar surface area (TPSA) is 77.0 Å². The molecule has 2 aromatic heterocycles. The Morgan fingerprint density at radius 2 is 2.09 bits per heavy atom. The third kappa shape index (κ3) is 4.06. The van der Waals surface area contributed by atoms with Crippen molar-refractivity contribution in [2.24, 2.45) is 0 Å². The van der Waals surface area contributed by atoms with E-state index in [1.54, 1.807) is 0 Å². The lowest BCUT2D eigenvalue weighted by molar-refractivity contribution is -0.142. The smallest absolute Gasteiger partial charge is 0.396 e. The van der Waals surface area contributed by atoms with Gasteiger partial charge < -0.3 is 9.63 Å². The molecule has 6 nitrogen and oxygen atoms in total.